The molecular formula is C29H35NO3. The quantitative estimate of drug-likeness (QED) is 0.395. The van der Waals surface area contributed by atoms with Crippen LogP contribution in [0.3, 0.4) is 0 Å². The van der Waals surface area contributed by atoms with Gasteiger partial charge in [0.25, 0.3) is 0 Å². The summed E-state index contributed by atoms with van der Waals surface area (Å²) in [7, 11) is 0. The molecule has 1 saturated heterocycles. The Morgan fingerprint density at radius 2 is 1.73 bits per heavy atom. The van der Waals surface area contributed by atoms with Crippen LogP contribution in [0.1, 0.15) is 30.4 Å². The molecule has 0 spiro atoms. The van der Waals surface area contributed by atoms with E-state index < -0.39 is 0 Å². The molecule has 4 heteroatoms. The van der Waals surface area contributed by atoms with Gasteiger partial charge < -0.3 is 19.5 Å². The van der Waals surface area contributed by atoms with E-state index in [0.717, 1.165) is 67.9 Å². The Hall–Kier alpha value is -2.82. The van der Waals surface area contributed by atoms with E-state index in [-0.39, 0.29) is 6.10 Å². The minimum atomic E-state index is -0.159. The highest BCUT2D eigenvalue weighted by molar-refractivity contribution is 5.70. The summed E-state index contributed by atoms with van der Waals surface area (Å²) in [5.74, 6) is 1.84. The molecule has 0 saturated carbocycles. The maximum atomic E-state index is 9.65. The molecule has 3 aromatic rings. The monoisotopic (exact) mass is 445 g/mol. The Morgan fingerprint density at radius 3 is 2.55 bits per heavy atom. The van der Waals surface area contributed by atoms with E-state index >= 15 is 0 Å². The van der Waals surface area contributed by atoms with E-state index in [0.29, 0.717) is 13.2 Å². The van der Waals surface area contributed by atoms with E-state index in [1.54, 1.807) is 0 Å². The van der Waals surface area contributed by atoms with Crippen molar-refractivity contribution in [3.05, 3.63) is 83.9 Å². The van der Waals surface area contributed by atoms with E-state index in [1.807, 2.05) is 18.2 Å². The molecule has 1 aliphatic heterocycles. The van der Waals surface area contributed by atoms with Crippen LogP contribution in [-0.4, -0.2) is 49.0 Å². The highest BCUT2D eigenvalue weighted by Gasteiger charge is 2.19. The molecular weight excluding hydrogens is 410 g/mol. The molecule has 1 atom stereocenters. The zero-order valence-electron chi connectivity index (χ0n) is 19.6. The lowest BCUT2D eigenvalue weighted by Crippen LogP contribution is -2.24. The van der Waals surface area contributed by atoms with Crippen molar-refractivity contribution in [1.29, 1.82) is 0 Å². The Labute approximate surface area is 197 Å². The van der Waals surface area contributed by atoms with Crippen molar-refractivity contribution in [2.45, 2.75) is 38.7 Å². The number of benzene rings is 3. The fourth-order valence-electron chi connectivity index (χ4n) is 4.43. The third-order valence-electron chi connectivity index (χ3n) is 6.27. The van der Waals surface area contributed by atoms with E-state index in [4.69, 9.17) is 9.47 Å². The van der Waals surface area contributed by atoms with Crippen molar-refractivity contribution >= 4 is 0 Å². The van der Waals surface area contributed by atoms with Crippen molar-refractivity contribution < 1.29 is 14.6 Å². The lowest BCUT2D eigenvalue weighted by Gasteiger charge is -2.16. The normalized spacial score (nSPS) is 16.1. The molecule has 0 radical (unpaired) electrons. The first-order valence-corrected chi connectivity index (χ1v) is 12.1. The molecule has 4 rings (SSSR count). The van der Waals surface area contributed by atoms with Gasteiger partial charge in [-0.15, -0.1) is 0 Å². The van der Waals surface area contributed by atoms with Gasteiger partial charge in [0, 0.05) is 19.6 Å². The number of aliphatic hydroxyl groups is 1. The second-order valence-corrected chi connectivity index (χ2v) is 8.84. The molecule has 4 nitrogen and oxygen atoms in total. The Morgan fingerprint density at radius 1 is 0.909 bits per heavy atom. The summed E-state index contributed by atoms with van der Waals surface area (Å²) in [4.78, 5) is 2.31. The van der Waals surface area contributed by atoms with Crippen LogP contribution in [0.25, 0.3) is 11.1 Å². The van der Waals surface area contributed by atoms with Crippen LogP contribution in [0.2, 0.25) is 0 Å². The van der Waals surface area contributed by atoms with Gasteiger partial charge in [0.05, 0.1) is 19.3 Å². The zero-order chi connectivity index (χ0) is 22.9. The number of aliphatic hydroxyl groups excluding tert-OH is 1. The van der Waals surface area contributed by atoms with Crippen molar-refractivity contribution in [1.82, 2.24) is 4.90 Å². The second kappa shape index (κ2) is 11.9. The topological polar surface area (TPSA) is 41.9 Å². The standard InChI is InChI=1S/C29H35NO3/c1-23-28(14-6-15-29(23)33-20-8-17-30-18-16-26(31)22-30)25-12-5-13-27(21-25)32-19-7-11-24-9-3-2-4-10-24/h2-6,9-10,12-15,21,26,31H,7-8,11,16-20,22H2,1H3. The largest absolute Gasteiger partial charge is 0.494 e. The average Bonchev–Trinajstić information content (AvgIpc) is 3.26. The van der Waals surface area contributed by atoms with Gasteiger partial charge in [0.1, 0.15) is 11.5 Å². The van der Waals surface area contributed by atoms with Crippen molar-refractivity contribution in [2.75, 3.05) is 32.8 Å². The summed E-state index contributed by atoms with van der Waals surface area (Å²) in [6.07, 6.45) is 3.71. The van der Waals surface area contributed by atoms with Gasteiger partial charge in [-0.25, -0.2) is 0 Å². The van der Waals surface area contributed by atoms with Gasteiger partial charge in [-0.05, 0) is 73.1 Å². The number of likely N-dealkylation sites (tertiary alicyclic amines) is 1. The lowest BCUT2D eigenvalue weighted by atomic mass is 10.00. The summed E-state index contributed by atoms with van der Waals surface area (Å²) in [6, 6.07) is 25.1. The van der Waals surface area contributed by atoms with Crippen LogP contribution < -0.4 is 9.47 Å². The molecule has 3 aromatic carbocycles. The van der Waals surface area contributed by atoms with Gasteiger partial charge in [-0.1, -0.05) is 54.6 Å². The molecule has 174 valence electrons. The predicted molar refractivity (Wildman–Crippen MR) is 134 cm³/mol. The fraction of sp³-hybridized carbons (Fsp3) is 0.379. The van der Waals surface area contributed by atoms with Crippen LogP contribution >= 0.6 is 0 Å². The third-order valence-corrected chi connectivity index (χ3v) is 6.27. The molecule has 0 amide bonds. The SMILES string of the molecule is Cc1c(OCCCN2CCC(O)C2)cccc1-c1cccc(OCCCc2ccccc2)c1. The van der Waals surface area contributed by atoms with Gasteiger partial charge in [0.15, 0.2) is 0 Å². The number of aryl methyl sites for hydroxylation is 1. The van der Waals surface area contributed by atoms with E-state index in [2.05, 4.69) is 66.4 Å². The predicted octanol–water partition coefficient (Wildman–Crippen LogP) is 5.51. The first-order valence-electron chi connectivity index (χ1n) is 12.1. The number of ether oxygens (including phenoxy) is 2. The average molecular weight is 446 g/mol. The van der Waals surface area contributed by atoms with Gasteiger partial charge >= 0.3 is 0 Å². The number of β-amino-alcohol motifs (C(OH)–C–C–N with tert-alkyl or cyclic N) is 1. The van der Waals surface area contributed by atoms with Gasteiger partial charge in [-0.3, -0.25) is 0 Å². The number of hydrogen-bond donors (Lipinski definition) is 1. The van der Waals surface area contributed by atoms with Crippen LogP contribution in [0.4, 0.5) is 0 Å². The lowest BCUT2D eigenvalue weighted by molar-refractivity contribution is 0.173. The van der Waals surface area contributed by atoms with Gasteiger partial charge in [-0.2, -0.15) is 0 Å². The van der Waals surface area contributed by atoms with Crippen molar-refractivity contribution in [2.24, 2.45) is 0 Å². The Bertz CT molecular complexity index is 1000. The second-order valence-electron chi connectivity index (χ2n) is 8.84. The molecule has 0 aliphatic carbocycles. The molecule has 1 N–H and O–H groups in total. The summed E-state index contributed by atoms with van der Waals surface area (Å²) < 4.78 is 12.2. The minimum Gasteiger partial charge on any atom is -0.494 e. The molecule has 1 heterocycles. The van der Waals surface area contributed by atoms with Crippen LogP contribution in [0, 0.1) is 6.92 Å². The smallest absolute Gasteiger partial charge is 0.122 e. The van der Waals surface area contributed by atoms with E-state index in [1.165, 1.54) is 11.1 Å². The highest BCUT2D eigenvalue weighted by Crippen LogP contribution is 2.32. The van der Waals surface area contributed by atoms with Gasteiger partial charge in [0.2, 0.25) is 0 Å². The molecule has 33 heavy (non-hydrogen) atoms. The highest BCUT2D eigenvalue weighted by atomic mass is 16.5. The van der Waals surface area contributed by atoms with Crippen molar-refractivity contribution in [3.63, 3.8) is 0 Å². The molecule has 0 bridgehead atoms. The zero-order valence-corrected chi connectivity index (χ0v) is 19.6. The maximum absolute atomic E-state index is 9.65. The van der Waals surface area contributed by atoms with Crippen LogP contribution in [-0.2, 0) is 6.42 Å². The summed E-state index contributed by atoms with van der Waals surface area (Å²) in [6.45, 7) is 6.25. The van der Waals surface area contributed by atoms with Crippen LogP contribution in [0.5, 0.6) is 11.5 Å². The molecule has 1 unspecified atom stereocenters. The molecule has 1 aliphatic rings. The van der Waals surface area contributed by atoms with Crippen LogP contribution in [0.15, 0.2) is 72.8 Å². The van der Waals surface area contributed by atoms with E-state index in [9.17, 15) is 5.11 Å². The fourth-order valence-corrected chi connectivity index (χ4v) is 4.43. The summed E-state index contributed by atoms with van der Waals surface area (Å²) in [5, 5.41) is 9.65. The minimum absolute atomic E-state index is 0.159. The Balaban J connectivity index is 1.29. The molecule has 0 aromatic heterocycles. The number of rotatable bonds is 11. The first kappa shape index (κ1) is 23.3. The van der Waals surface area contributed by atoms with Crippen molar-refractivity contribution in [3.8, 4) is 22.6 Å². The summed E-state index contributed by atoms with van der Waals surface area (Å²) >= 11 is 0. The first-order chi connectivity index (χ1) is 16.2. The summed E-state index contributed by atoms with van der Waals surface area (Å²) in [5.41, 5.74) is 4.81. The Kier molecular flexibility index (Phi) is 8.40. The third kappa shape index (κ3) is 6.83. The molecule has 1 fully saturated rings. The number of hydrogen-bond acceptors (Lipinski definition) is 4. The number of nitrogens with zero attached hydrogens (tertiary/aromatic N) is 1. The maximum Gasteiger partial charge on any atom is 0.122 e.